The normalized spacial score (nSPS) is 25.2. The zero-order chi connectivity index (χ0) is 14.0. The summed E-state index contributed by atoms with van der Waals surface area (Å²) in [7, 11) is 0. The second-order valence-corrected chi connectivity index (χ2v) is 5.66. The van der Waals surface area contributed by atoms with Gasteiger partial charge < -0.3 is 10.1 Å². The highest BCUT2D eigenvalue weighted by Crippen LogP contribution is 2.29. The lowest BCUT2D eigenvalue weighted by atomic mass is 10.1. The Morgan fingerprint density at radius 2 is 1.89 bits per heavy atom. The van der Waals surface area contributed by atoms with E-state index in [1.807, 2.05) is 0 Å². The molecule has 0 amide bonds. The van der Waals surface area contributed by atoms with E-state index in [1.54, 1.807) is 20.8 Å². The predicted octanol–water partition coefficient (Wildman–Crippen LogP) is 2.79. The Hall–Kier alpha value is -0.780. The van der Waals surface area contributed by atoms with Crippen LogP contribution in [0.4, 0.5) is 13.2 Å². The number of hydrogen-bond donors (Lipinski definition) is 1. The van der Waals surface area contributed by atoms with Gasteiger partial charge in [0.15, 0.2) is 0 Å². The monoisotopic (exact) mass is 267 g/mol. The van der Waals surface area contributed by atoms with Gasteiger partial charge in [-0.15, -0.1) is 0 Å². The van der Waals surface area contributed by atoms with Gasteiger partial charge in [-0.25, -0.2) is 0 Å². The Balaban J connectivity index is 2.28. The summed E-state index contributed by atoms with van der Waals surface area (Å²) in [5, 5.41) is 2.52. The van der Waals surface area contributed by atoms with Crippen LogP contribution >= 0.6 is 0 Å². The second kappa shape index (κ2) is 5.47. The molecule has 1 fully saturated rings. The third-order valence-corrected chi connectivity index (χ3v) is 2.75. The predicted molar refractivity (Wildman–Crippen MR) is 61.1 cm³/mol. The number of rotatable bonds is 3. The van der Waals surface area contributed by atoms with Gasteiger partial charge in [-0.3, -0.25) is 4.79 Å². The maximum absolute atomic E-state index is 12.4. The molecule has 0 spiro atoms. The maximum atomic E-state index is 12.4. The molecule has 1 heterocycles. The van der Waals surface area contributed by atoms with Crippen LogP contribution in [0.3, 0.4) is 0 Å². The zero-order valence-corrected chi connectivity index (χ0v) is 10.9. The van der Waals surface area contributed by atoms with Crippen molar-refractivity contribution in [1.29, 1.82) is 0 Å². The molecule has 0 aromatic carbocycles. The molecule has 1 N–H and O–H groups in total. The van der Waals surface area contributed by atoms with Crippen LogP contribution in [0.25, 0.3) is 0 Å². The Kier molecular flexibility index (Phi) is 4.64. The van der Waals surface area contributed by atoms with Crippen molar-refractivity contribution in [2.45, 2.75) is 70.3 Å². The topological polar surface area (TPSA) is 38.3 Å². The van der Waals surface area contributed by atoms with E-state index < -0.39 is 17.8 Å². The molecule has 6 heteroatoms. The van der Waals surface area contributed by atoms with Crippen molar-refractivity contribution in [1.82, 2.24) is 5.32 Å². The van der Waals surface area contributed by atoms with E-state index in [9.17, 15) is 18.0 Å². The van der Waals surface area contributed by atoms with Gasteiger partial charge in [-0.05, 0) is 40.0 Å². The number of alkyl halides is 3. The molecule has 0 unspecified atom stereocenters. The second-order valence-electron chi connectivity index (χ2n) is 5.66. The number of nitrogens with one attached hydrogen (secondary N) is 1. The first-order chi connectivity index (χ1) is 8.08. The summed E-state index contributed by atoms with van der Waals surface area (Å²) in [5.74, 6) is -0.361. The summed E-state index contributed by atoms with van der Waals surface area (Å²) in [6.07, 6.45) is -3.11. The Labute approximate surface area is 105 Å². The fourth-order valence-electron chi connectivity index (χ4n) is 1.99. The van der Waals surface area contributed by atoms with Crippen molar-refractivity contribution in [2.24, 2.45) is 0 Å². The molecule has 2 atom stereocenters. The summed E-state index contributed by atoms with van der Waals surface area (Å²) < 4.78 is 42.3. The van der Waals surface area contributed by atoms with E-state index in [1.165, 1.54) is 0 Å². The first kappa shape index (κ1) is 15.3. The lowest BCUT2D eigenvalue weighted by Crippen LogP contribution is -2.40. The molecule has 1 saturated heterocycles. The molecule has 0 aromatic rings. The van der Waals surface area contributed by atoms with Crippen LogP contribution < -0.4 is 5.32 Å². The van der Waals surface area contributed by atoms with Gasteiger partial charge in [-0.1, -0.05) is 0 Å². The number of carbonyl (C=O) groups excluding carboxylic acids is 1. The van der Waals surface area contributed by atoms with Gasteiger partial charge in [-0.2, -0.15) is 13.2 Å². The van der Waals surface area contributed by atoms with E-state index in [0.29, 0.717) is 12.8 Å². The van der Waals surface area contributed by atoms with Crippen molar-refractivity contribution < 1.29 is 22.7 Å². The first-order valence-corrected chi connectivity index (χ1v) is 6.12. The maximum Gasteiger partial charge on any atom is 0.403 e. The van der Waals surface area contributed by atoms with Crippen molar-refractivity contribution in [3.63, 3.8) is 0 Å². The third kappa shape index (κ3) is 5.25. The average molecular weight is 267 g/mol. The molecule has 3 nitrogen and oxygen atoms in total. The van der Waals surface area contributed by atoms with Gasteiger partial charge in [0.25, 0.3) is 0 Å². The van der Waals surface area contributed by atoms with Crippen LogP contribution in [-0.4, -0.2) is 29.8 Å². The highest BCUT2D eigenvalue weighted by molar-refractivity contribution is 5.69. The van der Waals surface area contributed by atoms with Crippen molar-refractivity contribution in [3.05, 3.63) is 0 Å². The van der Waals surface area contributed by atoms with Gasteiger partial charge in [0, 0.05) is 12.5 Å². The summed E-state index contributed by atoms with van der Waals surface area (Å²) in [6.45, 7) is 5.29. The summed E-state index contributed by atoms with van der Waals surface area (Å²) in [4.78, 5) is 11.4. The van der Waals surface area contributed by atoms with Gasteiger partial charge in [0.1, 0.15) is 11.6 Å². The standard InChI is InChI=1S/C12H20F3NO2/c1-11(2,3)18-10(17)7-5-8-4-6-9(16-8)12(13,14)15/h8-9,16H,4-7H2,1-3H3/t8-,9+/m0/s1. The number of hydrogen-bond acceptors (Lipinski definition) is 3. The molecule has 106 valence electrons. The third-order valence-electron chi connectivity index (χ3n) is 2.75. The summed E-state index contributed by atoms with van der Waals surface area (Å²) in [6, 6.07) is -1.68. The largest absolute Gasteiger partial charge is 0.460 e. The number of halogens is 3. The summed E-state index contributed by atoms with van der Waals surface area (Å²) >= 11 is 0. The molecule has 1 rings (SSSR count). The quantitative estimate of drug-likeness (QED) is 0.799. The van der Waals surface area contributed by atoms with E-state index in [-0.39, 0.29) is 24.9 Å². The molecule has 0 saturated carbocycles. The highest BCUT2D eigenvalue weighted by Gasteiger charge is 2.43. The first-order valence-electron chi connectivity index (χ1n) is 6.12. The van der Waals surface area contributed by atoms with Gasteiger partial charge in [0.05, 0.1) is 0 Å². The number of esters is 1. The molecule has 1 aliphatic rings. The van der Waals surface area contributed by atoms with Gasteiger partial charge in [0.2, 0.25) is 0 Å². The molecular formula is C12H20F3NO2. The zero-order valence-electron chi connectivity index (χ0n) is 10.9. The van der Waals surface area contributed by atoms with Gasteiger partial charge >= 0.3 is 12.1 Å². The average Bonchev–Trinajstić information content (AvgIpc) is 2.59. The minimum Gasteiger partial charge on any atom is -0.460 e. The van der Waals surface area contributed by atoms with E-state index in [2.05, 4.69) is 5.32 Å². The molecule has 0 bridgehead atoms. The molecule has 18 heavy (non-hydrogen) atoms. The Bertz CT molecular complexity index is 297. The minimum atomic E-state index is -4.19. The number of carbonyl (C=O) groups is 1. The molecule has 0 aliphatic carbocycles. The summed E-state index contributed by atoms with van der Waals surface area (Å²) in [5.41, 5.74) is -0.547. The van der Waals surface area contributed by atoms with Crippen molar-refractivity contribution in [3.8, 4) is 0 Å². The van der Waals surface area contributed by atoms with Crippen LogP contribution in [0.1, 0.15) is 46.5 Å². The lowest BCUT2D eigenvalue weighted by Gasteiger charge is -2.20. The molecule has 0 radical (unpaired) electrons. The van der Waals surface area contributed by atoms with Crippen molar-refractivity contribution in [2.75, 3.05) is 0 Å². The van der Waals surface area contributed by atoms with Crippen LogP contribution in [0.15, 0.2) is 0 Å². The molecule has 1 aliphatic heterocycles. The smallest absolute Gasteiger partial charge is 0.403 e. The van der Waals surface area contributed by atoms with E-state index >= 15 is 0 Å². The highest BCUT2D eigenvalue weighted by atomic mass is 19.4. The van der Waals surface area contributed by atoms with Crippen LogP contribution in [-0.2, 0) is 9.53 Å². The van der Waals surface area contributed by atoms with E-state index in [4.69, 9.17) is 4.74 Å². The Morgan fingerprint density at radius 1 is 1.28 bits per heavy atom. The fraction of sp³-hybridized carbons (Fsp3) is 0.917. The minimum absolute atomic E-state index is 0.0858. The lowest BCUT2D eigenvalue weighted by molar-refractivity contribution is -0.155. The van der Waals surface area contributed by atoms with E-state index in [0.717, 1.165) is 0 Å². The molecular weight excluding hydrogens is 247 g/mol. The number of ether oxygens (including phenoxy) is 1. The Morgan fingerprint density at radius 3 is 2.33 bits per heavy atom. The SMILES string of the molecule is CC(C)(C)OC(=O)CC[C@@H]1CC[C@H](C(F)(F)F)N1. The van der Waals surface area contributed by atoms with Crippen LogP contribution in [0.5, 0.6) is 0 Å². The van der Waals surface area contributed by atoms with Crippen molar-refractivity contribution >= 4 is 5.97 Å². The van der Waals surface area contributed by atoms with Crippen LogP contribution in [0, 0.1) is 0 Å². The van der Waals surface area contributed by atoms with Crippen LogP contribution in [0.2, 0.25) is 0 Å². The fourth-order valence-corrected chi connectivity index (χ4v) is 1.99. The molecule has 0 aromatic heterocycles.